The van der Waals surface area contributed by atoms with Crippen LogP contribution < -0.4 is 10.1 Å². The highest BCUT2D eigenvalue weighted by molar-refractivity contribution is 5.99. The molecule has 0 spiro atoms. The van der Waals surface area contributed by atoms with Crippen molar-refractivity contribution in [1.82, 2.24) is 20.5 Å². The number of hydrogen-bond acceptors (Lipinski definition) is 5. The number of halogens is 1. The average molecular weight is 382 g/mol. The van der Waals surface area contributed by atoms with E-state index in [4.69, 9.17) is 9.47 Å². The number of benzene rings is 1. The normalized spacial score (nSPS) is 19.2. The number of nitrogens with one attached hydrogen (secondary N) is 2. The van der Waals surface area contributed by atoms with Crippen LogP contribution in [-0.2, 0) is 4.74 Å². The summed E-state index contributed by atoms with van der Waals surface area (Å²) in [6.45, 7) is 0.876. The van der Waals surface area contributed by atoms with E-state index in [-0.39, 0.29) is 23.9 Å². The Morgan fingerprint density at radius 1 is 1.29 bits per heavy atom. The molecule has 1 aliphatic heterocycles. The summed E-state index contributed by atoms with van der Waals surface area (Å²) in [7, 11) is 0. The molecule has 2 N–H and O–H groups in total. The molecule has 1 amide bonds. The molecule has 8 heteroatoms. The third-order valence-electron chi connectivity index (χ3n) is 4.52. The lowest BCUT2D eigenvalue weighted by Gasteiger charge is -2.32. The Kier molecular flexibility index (Phi) is 5.29. The number of aromatic amines is 1. The Morgan fingerprint density at radius 2 is 2.21 bits per heavy atom. The highest BCUT2D eigenvalue weighted by Crippen LogP contribution is 2.23. The third-order valence-corrected chi connectivity index (χ3v) is 4.52. The summed E-state index contributed by atoms with van der Waals surface area (Å²) in [5.74, 6) is -0.224. The lowest BCUT2D eigenvalue weighted by Crippen LogP contribution is -2.51. The molecule has 144 valence electrons. The number of hydrogen-bond donors (Lipinski definition) is 2. The number of rotatable bonds is 5. The first kappa shape index (κ1) is 18.1. The Labute approximate surface area is 160 Å². The molecule has 3 aromatic rings. The van der Waals surface area contributed by atoms with Crippen molar-refractivity contribution in [3.8, 4) is 17.1 Å². The van der Waals surface area contributed by atoms with Crippen LogP contribution in [-0.4, -0.2) is 46.4 Å². The maximum Gasteiger partial charge on any atom is 0.255 e. The van der Waals surface area contributed by atoms with E-state index < -0.39 is 0 Å². The van der Waals surface area contributed by atoms with Crippen LogP contribution in [0, 0.1) is 5.82 Å². The number of amides is 1. The van der Waals surface area contributed by atoms with E-state index in [1.807, 2.05) is 12.1 Å². The van der Waals surface area contributed by atoms with Crippen molar-refractivity contribution < 1.29 is 18.7 Å². The van der Waals surface area contributed by atoms with Crippen LogP contribution in [0.2, 0.25) is 0 Å². The molecule has 1 aliphatic rings. The molecule has 1 fully saturated rings. The molecule has 28 heavy (non-hydrogen) atoms. The van der Waals surface area contributed by atoms with Gasteiger partial charge in [0.15, 0.2) is 0 Å². The van der Waals surface area contributed by atoms with Gasteiger partial charge in [0, 0.05) is 24.2 Å². The summed E-state index contributed by atoms with van der Waals surface area (Å²) in [6, 6.07) is 11.1. The number of H-pyrrole nitrogens is 1. The lowest BCUT2D eigenvalue weighted by molar-refractivity contribution is -0.00447. The van der Waals surface area contributed by atoms with Crippen molar-refractivity contribution in [3.05, 3.63) is 66.2 Å². The zero-order chi connectivity index (χ0) is 19.3. The van der Waals surface area contributed by atoms with Crippen LogP contribution in [0.25, 0.3) is 11.3 Å². The minimum Gasteiger partial charge on any atom is -0.472 e. The quantitative estimate of drug-likeness (QED) is 0.708. The molecule has 0 radical (unpaired) electrons. The highest BCUT2D eigenvalue weighted by atomic mass is 19.1. The molecule has 7 nitrogen and oxygen atoms in total. The number of pyridine rings is 1. The van der Waals surface area contributed by atoms with E-state index in [0.717, 1.165) is 0 Å². The second-order valence-corrected chi connectivity index (χ2v) is 6.44. The van der Waals surface area contributed by atoms with E-state index in [1.165, 1.54) is 18.3 Å². The summed E-state index contributed by atoms with van der Waals surface area (Å²) in [4.78, 5) is 17.0. The molecule has 0 aliphatic carbocycles. The van der Waals surface area contributed by atoms with E-state index in [2.05, 4.69) is 20.5 Å². The molecular weight excluding hydrogens is 363 g/mol. The van der Waals surface area contributed by atoms with Crippen molar-refractivity contribution in [1.29, 1.82) is 0 Å². The van der Waals surface area contributed by atoms with Crippen LogP contribution >= 0.6 is 0 Å². The summed E-state index contributed by atoms with van der Waals surface area (Å²) < 4.78 is 25.0. The van der Waals surface area contributed by atoms with Crippen LogP contribution in [0.4, 0.5) is 4.39 Å². The fourth-order valence-electron chi connectivity index (χ4n) is 3.13. The van der Waals surface area contributed by atoms with Crippen LogP contribution in [0.5, 0.6) is 5.88 Å². The van der Waals surface area contributed by atoms with Gasteiger partial charge in [0.25, 0.3) is 5.91 Å². The fraction of sp³-hybridized carbons (Fsp3) is 0.250. The molecule has 0 bridgehead atoms. The van der Waals surface area contributed by atoms with Gasteiger partial charge in [-0.25, -0.2) is 9.37 Å². The van der Waals surface area contributed by atoms with Crippen LogP contribution in [0.3, 0.4) is 0 Å². The maximum absolute atomic E-state index is 13.5. The van der Waals surface area contributed by atoms with Gasteiger partial charge in [0.2, 0.25) is 5.88 Å². The Balaban J connectivity index is 1.50. The predicted octanol–water partition coefficient (Wildman–Crippen LogP) is 2.58. The number of carbonyl (C=O) groups is 1. The molecule has 2 atom stereocenters. The van der Waals surface area contributed by atoms with Gasteiger partial charge in [0.05, 0.1) is 36.7 Å². The maximum atomic E-state index is 13.5. The van der Waals surface area contributed by atoms with E-state index in [0.29, 0.717) is 42.3 Å². The standard InChI is InChI=1S/C20H19FN4O3/c21-14-5-3-4-13(10-14)19-15(11-23-25-19)20(26)24-16-12-27-9-7-17(16)28-18-6-1-2-8-22-18/h1-6,8,10-11,16-17H,7,9,12H2,(H,23,25)(H,24,26)/t16-,17-/m1/s1. The Morgan fingerprint density at radius 3 is 3.04 bits per heavy atom. The van der Waals surface area contributed by atoms with Crippen molar-refractivity contribution in [2.45, 2.75) is 18.6 Å². The first-order chi connectivity index (χ1) is 13.7. The van der Waals surface area contributed by atoms with Gasteiger partial charge in [-0.05, 0) is 18.2 Å². The van der Waals surface area contributed by atoms with Gasteiger partial charge >= 0.3 is 0 Å². The monoisotopic (exact) mass is 382 g/mol. The van der Waals surface area contributed by atoms with Crippen molar-refractivity contribution in [2.75, 3.05) is 13.2 Å². The van der Waals surface area contributed by atoms with E-state index >= 15 is 0 Å². The van der Waals surface area contributed by atoms with Crippen molar-refractivity contribution >= 4 is 5.91 Å². The Bertz CT molecular complexity index is 947. The molecule has 0 unspecified atom stereocenters. The highest BCUT2D eigenvalue weighted by Gasteiger charge is 2.30. The zero-order valence-electron chi connectivity index (χ0n) is 15.0. The second kappa shape index (κ2) is 8.18. The van der Waals surface area contributed by atoms with Crippen LogP contribution in [0.15, 0.2) is 54.9 Å². The minimum atomic E-state index is -0.386. The van der Waals surface area contributed by atoms with E-state index in [1.54, 1.807) is 24.4 Å². The fourth-order valence-corrected chi connectivity index (χ4v) is 3.13. The van der Waals surface area contributed by atoms with Crippen molar-refractivity contribution in [3.63, 3.8) is 0 Å². The third kappa shape index (κ3) is 4.01. The zero-order valence-corrected chi connectivity index (χ0v) is 15.0. The smallest absolute Gasteiger partial charge is 0.255 e. The summed E-state index contributed by atoms with van der Waals surface area (Å²) in [6.07, 6.45) is 3.44. The topological polar surface area (TPSA) is 89.1 Å². The van der Waals surface area contributed by atoms with Gasteiger partial charge in [-0.1, -0.05) is 18.2 Å². The molecule has 1 saturated heterocycles. The lowest BCUT2D eigenvalue weighted by atomic mass is 10.0. The minimum absolute atomic E-state index is 0.267. The number of carbonyl (C=O) groups excluding carboxylic acids is 1. The molecule has 4 rings (SSSR count). The second-order valence-electron chi connectivity index (χ2n) is 6.44. The first-order valence-electron chi connectivity index (χ1n) is 8.96. The summed E-state index contributed by atoms with van der Waals surface area (Å²) in [5, 5.41) is 9.66. The van der Waals surface area contributed by atoms with Gasteiger partial charge in [-0.15, -0.1) is 0 Å². The largest absolute Gasteiger partial charge is 0.472 e. The number of nitrogens with zero attached hydrogens (tertiary/aromatic N) is 2. The van der Waals surface area contributed by atoms with Crippen LogP contribution in [0.1, 0.15) is 16.8 Å². The van der Waals surface area contributed by atoms with Gasteiger partial charge in [-0.2, -0.15) is 5.10 Å². The Hall–Kier alpha value is -3.26. The molecule has 2 aromatic heterocycles. The summed E-state index contributed by atoms with van der Waals surface area (Å²) in [5.41, 5.74) is 1.33. The molecule has 1 aromatic carbocycles. The SMILES string of the molecule is O=C(N[C@@H]1COCC[C@H]1Oc1ccccn1)c1cn[nH]c1-c1cccc(F)c1. The van der Waals surface area contributed by atoms with Gasteiger partial charge in [-0.3, -0.25) is 9.89 Å². The first-order valence-corrected chi connectivity index (χ1v) is 8.96. The predicted molar refractivity (Wildman–Crippen MR) is 99.3 cm³/mol. The number of ether oxygens (including phenoxy) is 2. The summed E-state index contributed by atoms with van der Waals surface area (Å²) >= 11 is 0. The molecular formula is C20H19FN4O3. The average Bonchev–Trinajstić information content (AvgIpc) is 3.20. The van der Waals surface area contributed by atoms with Gasteiger partial charge in [0.1, 0.15) is 11.9 Å². The van der Waals surface area contributed by atoms with E-state index in [9.17, 15) is 9.18 Å². The van der Waals surface area contributed by atoms with Crippen molar-refractivity contribution in [2.24, 2.45) is 0 Å². The number of aromatic nitrogens is 3. The molecule has 0 saturated carbocycles. The van der Waals surface area contributed by atoms with Gasteiger partial charge < -0.3 is 14.8 Å². The molecule has 3 heterocycles.